The monoisotopic (exact) mass is 196 g/mol. The van der Waals surface area contributed by atoms with Crippen LogP contribution in [0.25, 0.3) is 0 Å². The smallest absolute Gasteiger partial charge is 0.306 e. The van der Waals surface area contributed by atoms with Crippen molar-refractivity contribution in [2.75, 3.05) is 6.61 Å². The fraction of sp³-hybridized carbons (Fsp3) is 0.364. The van der Waals surface area contributed by atoms with Crippen LogP contribution in [0.4, 0.5) is 0 Å². The third kappa shape index (κ3) is 5.19. The minimum Gasteiger partial charge on any atom is -0.493 e. The maximum Gasteiger partial charge on any atom is 0.306 e. The summed E-state index contributed by atoms with van der Waals surface area (Å²) in [5.41, 5.74) is 0.968. The highest BCUT2D eigenvalue weighted by Gasteiger charge is 2.01. The zero-order valence-corrected chi connectivity index (χ0v) is 8.62. The number of rotatable bonds is 6. The van der Waals surface area contributed by atoms with Crippen molar-refractivity contribution in [1.29, 1.82) is 0 Å². The first-order valence-corrected chi connectivity index (χ1v) is 4.42. The highest BCUT2D eigenvalue weighted by molar-refractivity contribution is 5.66. The molecule has 0 aliphatic heterocycles. The second-order valence-electron chi connectivity index (χ2n) is 2.73. The summed E-state index contributed by atoms with van der Waals surface area (Å²) in [5, 5.41) is 8.42. The number of aliphatic carboxylic acids is 1. The average molecular weight is 196 g/mol. The minimum absolute atomic E-state index is 0.00543. The molecular weight excluding hydrogens is 180 g/mol. The largest absolute Gasteiger partial charge is 0.493 e. The predicted molar refractivity (Wildman–Crippen MR) is 55.9 cm³/mol. The second kappa shape index (κ2) is 6.95. The molecule has 0 bridgehead atoms. The molecule has 0 aromatic heterocycles. The molecule has 1 N–H and O–H groups in total. The molecule has 0 spiro atoms. The molecule has 14 heavy (non-hydrogen) atoms. The van der Waals surface area contributed by atoms with Crippen molar-refractivity contribution in [1.82, 2.24) is 0 Å². The van der Waals surface area contributed by atoms with E-state index in [9.17, 15) is 4.79 Å². The molecule has 0 atom stereocenters. The Kier molecular flexibility index (Phi) is 6.20. The Bertz CT molecular complexity index is 262. The highest BCUT2D eigenvalue weighted by atomic mass is 16.5. The van der Waals surface area contributed by atoms with Crippen molar-refractivity contribution in [3.8, 4) is 0 Å². The van der Waals surface area contributed by atoms with E-state index in [1.54, 1.807) is 12.2 Å². The number of carboxylic acids is 1. The van der Waals surface area contributed by atoms with E-state index in [1.807, 2.05) is 19.9 Å². The van der Waals surface area contributed by atoms with Crippen LogP contribution in [-0.4, -0.2) is 17.7 Å². The van der Waals surface area contributed by atoms with E-state index >= 15 is 0 Å². The predicted octanol–water partition coefficient (Wildman–Crippen LogP) is 2.51. The maximum absolute atomic E-state index is 10.2. The Labute approximate surface area is 84.4 Å². The normalized spacial score (nSPS) is 12.4. The van der Waals surface area contributed by atoms with Gasteiger partial charge in [-0.05, 0) is 25.5 Å². The van der Waals surface area contributed by atoms with Crippen LogP contribution in [0.1, 0.15) is 20.3 Å². The van der Waals surface area contributed by atoms with Gasteiger partial charge >= 0.3 is 5.97 Å². The van der Waals surface area contributed by atoms with Gasteiger partial charge < -0.3 is 9.84 Å². The second-order valence-corrected chi connectivity index (χ2v) is 2.73. The summed E-state index contributed by atoms with van der Waals surface area (Å²) in [5.74, 6) is -0.190. The molecule has 0 aromatic carbocycles. The molecule has 0 aromatic rings. The van der Waals surface area contributed by atoms with Crippen molar-refractivity contribution >= 4 is 5.97 Å². The summed E-state index contributed by atoms with van der Waals surface area (Å²) < 4.78 is 5.29. The molecule has 0 unspecified atom stereocenters. The molecule has 3 nitrogen and oxygen atoms in total. The first-order valence-electron chi connectivity index (χ1n) is 4.42. The lowest BCUT2D eigenvalue weighted by Gasteiger charge is -2.08. The van der Waals surface area contributed by atoms with E-state index in [0.29, 0.717) is 5.76 Å². The van der Waals surface area contributed by atoms with Crippen LogP contribution in [0.5, 0.6) is 0 Å². The Morgan fingerprint density at radius 1 is 1.57 bits per heavy atom. The molecule has 0 saturated carbocycles. The Balaban J connectivity index is 4.19. The number of hydrogen-bond acceptors (Lipinski definition) is 2. The molecule has 0 amide bonds. The molecule has 0 rings (SSSR count). The van der Waals surface area contributed by atoms with Gasteiger partial charge in [-0.15, -0.1) is 0 Å². The van der Waals surface area contributed by atoms with Crippen molar-refractivity contribution in [3.05, 3.63) is 36.1 Å². The Morgan fingerprint density at radius 3 is 2.64 bits per heavy atom. The van der Waals surface area contributed by atoms with Gasteiger partial charge in [0.05, 0.1) is 13.0 Å². The van der Waals surface area contributed by atoms with E-state index in [1.165, 1.54) is 0 Å². The fourth-order valence-electron chi connectivity index (χ4n) is 0.791. The Morgan fingerprint density at radius 2 is 2.21 bits per heavy atom. The third-order valence-electron chi connectivity index (χ3n) is 1.66. The summed E-state index contributed by atoms with van der Waals surface area (Å²) in [6.07, 6.45) is 5.24. The van der Waals surface area contributed by atoms with Crippen molar-refractivity contribution in [2.24, 2.45) is 0 Å². The van der Waals surface area contributed by atoms with Crippen LogP contribution in [0.2, 0.25) is 0 Å². The molecule has 0 heterocycles. The molecule has 78 valence electrons. The SMILES string of the molecule is C=C/C=C(OCCC(=O)O)\C(C)=C/C. The minimum atomic E-state index is -0.860. The molecule has 0 aliphatic carbocycles. The summed E-state index contributed by atoms with van der Waals surface area (Å²) in [7, 11) is 0. The molecule has 0 radical (unpaired) electrons. The number of carbonyl (C=O) groups is 1. The van der Waals surface area contributed by atoms with E-state index in [4.69, 9.17) is 9.84 Å². The number of allylic oxidation sites excluding steroid dienone is 4. The highest BCUT2D eigenvalue weighted by Crippen LogP contribution is 2.11. The van der Waals surface area contributed by atoms with Crippen LogP contribution in [0, 0.1) is 0 Å². The van der Waals surface area contributed by atoms with Crippen molar-refractivity contribution in [2.45, 2.75) is 20.3 Å². The molecule has 0 fully saturated rings. The Hall–Kier alpha value is -1.51. The van der Waals surface area contributed by atoms with Gasteiger partial charge in [0.15, 0.2) is 0 Å². The quantitative estimate of drug-likeness (QED) is 0.524. The summed E-state index contributed by atoms with van der Waals surface area (Å²) in [6, 6.07) is 0. The maximum atomic E-state index is 10.2. The standard InChI is InChI=1S/C11H16O3/c1-4-6-10(9(3)5-2)14-8-7-11(12)13/h4-6H,1,7-8H2,2-3H3,(H,12,13)/b9-5-,10-6+. The van der Waals surface area contributed by atoms with Crippen molar-refractivity contribution < 1.29 is 14.6 Å². The zero-order valence-electron chi connectivity index (χ0n) is 8.62. The average Bonchev–Trinajstić information content (AvgIpc) is 2.15. The van der Waals surface area contributed by atoms with Gasteiger partial charge in [-0.1, -0.05) is 18.7 Å². The number of ether oxygens (including phenoxy) is 1. The molecular formula is C11H16O3. The van der Waals surface area contributed by atoms with E-state index < -0.39 is 5.97 Å². The van der Waals surface area contributed by atoms with Gasteiger partial charge in [-0.25, -0.2) is 0 Å². The first-order chi connectivity index (χ1) is 6.61. The van der Waals surface area contributed by atoms with Crippen LogP contribution in [0.15, 0.2) is 36.1 Å². The third-order valence-corrected chi connectivity index (χ3v) is 1.66. The molecule has 0 saturated heterocycles. The van der Waals surface area contributed by atoms with Crippen LogP contribution >= 0.6 is 0 Å². The van der Waals surface area contributed by atoms with E-state index in [2.05, 4.69) is 6.58 Å². The molecule has 3 heteroatoms. The fourth-order valence-corrected chi connectivity index (χ4v) is 0.791. The zero-order chi connectivity index (χ0) is 11.0. The lowest BCUT2D eigenvalue weighted by Crippen LogP contribution is -2.03. The van der Waals surface area contributed by atoms with E-state index in [0.717, 1.165) is 5.57 Å². The van der Waals surface area contributed by atoms with Gasteiger partial charge in [0.2, 0.25) is 0 Å². The van der Waals surface area contributed by atoms with Gasteiger partial charge in [0, 0.05) is 0 Å². The lowest BCUT2D eigenvalue weighted by atomic mass is 10.2. The summed E-state index contributed by atoms with van der Waals surface area (Å²) in [4.78, 5) is 10.2. The summed E-state index contributed by atoms with van der Waals surface area (Å²) >= 11 is 0. The van der Waals surface area contributed by atoms with Crippen LogP contribution < -0.4 is 0 Å². The van der Waals surface area contributed by atoms with Gasteiger partial charge in [-0.3, -0.25) is 4.79 Å². The van der Waals surface area contributed by atoms with Gasteiger partial charge in [-0.2, -0.15) is 0 Å². The number of hydrogen-bond donors (Lipinski definition) is 1. The van der Waals surface area contributed by atoms with Gasteiger partial charge in [0.1, 0.15) is 5.76 Å². The van der Waals surface area contributed by atoms with Crippen LogP contribution in [-0.2, 0) is 9.53 Å². The first kappa shape index (κ1) is 12.5. The van der Waals surface area contributed by atoms with Crippen LogP contribution in [0.3, 0.4) is 0 Å². The lowest BCUT2D eigenvalue weighted by molar-refractivity contribution is -0.137. The summed E-state index contributed by atoms with van der Waals surface area (Å²) in [6.45, 7) is 7.54. The van der Waals surface area contributed by atoms with E-state index in [-0.39, 0.29) is 13.0 Å². The number of carboxylic acid groups (broad SMARTS) is 1. The van der Waals surface area contributed by atoms with Crippen molar-refractivity contribution in [3.63, 3.8) is 0 Å². The van der Waals surface area contributed by atoms with Gasteiger partial charge in [0.25, 0.3) is 0 Å². The molecule has 0 aliphatic rings. The topological polar surface area (TPSA) is 46.5 Å².